The van der Waals surface area contributed by atoms with Crippen molar-refractivity contribution in [2.75, 3.05) is 19.6 Å². The molecule has 0 aliphatic carbocycles. The van der Waals surface area contributed by atoms with Crippen LogP contribution in [0, 0.1) is 5.92 Å². The fraction of sp³-hybridized carbons (Fsp3) is 0.667. The van der Waals surface area contributed by atoms with Crippen molar-refractivity contribution in [3.05, 3.63) is 29.1 Å². The van der Waals surface area contributed by atoms with Gasteiger partial charge in [-0.1, -0.05) is 0 Å². The lowest BCUT2D eigenvalue weighted by molar-refractivity contribution is -0.703. The first-order valence-corrected chi connectivity index (χ1v) is 9.13. The van der Waals surface area contributed by atoms with Crippen molar-refractivity contribution in [1.82, 2.24) is 15.4 Å². The number of hydroxylamine groups is 1. The summed E-state index contributed by atoms with van der Waals surface area (Å²) in [5.74, 6) is 0.360. The SMILES string of the molecule is CC1C2C[C@H](CN3CCc4cc(C(=O)NO)cnc4C3)CC3C[N@+]312. The van der Waals surface area contributed by atoms with Gasteiger partial charge in [-0.2, -0.15) is 0 Å². The molecule has 0 aromatic carbocycles. The highest BCUT2D eigenvalue weighted by Gasteiger charge is 2.80. The number of hydrogen-bond donors (Lipinski definition) is 2. The molecule has 3 fully saturated rings. The number of amides is 1. The summed E-state index contributed by atoms with van der Waals surface area (Å²) in [5, 5.41) is 8.75. The van der Waals surface area contributed by atoms with Gasteiger partial charge in [-0.3, -0.25) is 24.4 Å². The van der Waals surface area contributed by atoms with E-state index in [0.717, 1.165) is 54.8 Å². The molecule has 4 aliphatic rings. The lowest BCUT2D eigenvalue weighted by Gasteiger charge is -2.31. The van der Waals surface area contributed by atoms with E-state index in [4.69, 9.17) is 5.21 Å². The first-order valence-electron chi connectivity index (χ1n) is 9.13. The smallest absolute Gasteiger partial charge is 0.276 e. The first-order chi connectivity index (χ1) is 11.6. The number of pyridine rings is 1. The predicted molar refractivity (Wildman–Crippen MR) is 87.4 cm³/mol. The fourth-order valence-corrected chi connectivity index (χ4v) is 5.70. The highest BCUT2D eigenvalue weighted by Crippen LogP contribution is 2.61. The maximum absolute atomic E-state index is 11.5. The fourth-order valence-electron chi connectivity index (χ4n) is 5.70. The molecule has 1 aromatic heterocycles. The Hall–Kier alpha value is -1.50. The van der Waals surface area contributed by atoms with Crippen LogP contribution in [0.3, 0.4) is 0 Å². The number of quaternary nitrogens is 1. The molecule has 3 unspecified atom stereocenters. The Bertz CT molecular complexity index is 708. The van der Waals surface area contributed by atoms with E-state index in [2.05, 4.69) is 16.8 Å². The normalized spacial score (nSPS) is 39.4. The third kappa shape index (κ3) is 2.06. The summed E-state index contributed by atoms with van der Waals surface area (Å²) in [6, 6.07) is 4.73. The van der Waals surface area contributed by atoms with Crippen LogP contribution in [0.15, 0.2) is 12.3 Å². The first kappa shape index (κ1) is 14.8. The minimum atomic E-state index is -0.487. The van der Waals surface area contributed by atoms with Crippen LogP contribution in [0.1, 0.15) is 41.4 Å². The molecule has 3 saturated heterocycles. The molecule has 24 heavy (non-hydrogen) atoms. The van der Waals surface area contributed by atoms with E-state index in [9.17, 15) is 4.79 Å². The number of piperidine rings is 1. The number of carbonyl (C=O) groups is 1. The Morgan fingerprint density at radius 3 is 3.17 bits per heavy atom. The number of fused-ring (bicyclic) bond motifs is 1. The number of rotatable bonds is 3. The molecule has 1 spiro atoms. The zero-order valence-corrected chi connectivity index (χ0v) is 14.1. The molecular formula is C18H25N4O2+. The van der Waals surface area contributed by atoms with Crippen molar-refractivity contribution in [3.8, 4) is 0 Å². The summed E-state index contributed by atoms with van der Waals surface area (Å²) in [6.45, 7) is 7.01. The van der Waals surface area contributed by atoms with Gasteiger partial charge in [0.15, 0.2) is 0 Å². The molecule has 5 atom stereocenters. The average molecular weight is 329 g/mol. The van der Waals surface area contributed by atoms with Crippen molar-refractivity contribution >= 4 is 5.91 Å². The number of carbonyl (C=O) groups excluding carboxylic acids is 1. The molecule has 1 aromatic rings. The number of hydrogen-bond acceptors (Lipinski definition) is 4. The quantitative estimate of drug-likeness (QED) is 0.375. The molecule has 5 heterocycles. The second kappa shape index (κ2) is 5.00. The molecule has 0 bridgehead atoms. The Balaban J connectivity index is 1.24. The molecule has 4 aliphatic heterocycles. The highest BCUT2D eigenvalue weighted by molar-refractivity contribution is 5.93. The van der Waals surface area contributed by atoms with Crippen LogP contribution in [0.4, 0.5) is 0 Å². The summed E-state index contributed by atoms with van der Waals surface area (Å²) in [6.07, 6.45) is 5.32. The van der Waals surface area contributed by atoms with E-state index in [0.29, 0.717) is 5.56 Å². The Morgan fingerprint density at radius 1 is 1.50 bits per heavy atom. The average Bonchev–Trinajstić information content (AvgIpc) is 3.46. The van der Waals surface area contributed by atoms with E-state index in [1.807, 2.05) is 6.07 Å². The van der Waals surface area contributed by atoms with Crippen LogP contribution in [0.2, 0.25) is 0 Å². The van der Waals surface area contributed by atoms with E-state index >= 15 is 0 Å². The van der Waals surface area contributed by atoms with Gasteiger partial charge in [0, 0.05) is 38.7 Å². The van der Waals surface area contributed by atoms with Crippen molar-refractivity contribution in [3.63, 3.8) is 0 Å². The van der Waals surface area contributed by atoms with E-state index in [1.165, 1.54) is 30.4 Å². The predicted octanol–water partition coefficient (Wildman–Crippen LogP) is 0.938. The summed E-state index contributed by atoms with van der Waals surface area (Å²) in [4.78, 5) is 18.5. The largest absolute Gasteiger partial charge is 0.297 e. The zero-order valence-electron chi connectivity index (χ0n) is 14.1. The van der Waals surface area contributed by atoms with Crippen molar-refractivity contribution < 1.29 is 14.5 Å². The highest BCUT2D eigenvalue weighted by atomic mass is 16.5. The van der Waals surface area contributed by atoms with Crippen molar-refractivity contribution in [1.29, 1.82) is 0 Å². The van der Waals surface area contributed by atoms with Gasteiger partial charge in [-0.15, -0.1) is 0 Å². The Morgan fingerprint density at radius 2 is 2.38 bits per heavy atom. The van der Waals surface area contributed by atoms with Crippen LogP contribution in [-0.2, 0) is 13.0 Å². The van der Waals surface area contributed by atoms with Gasteiger partial charge < -0.3 is 0 Å². The van der Waals surface area contributed by atoms with E-state index < -0.39 is 5.91 Å². The molecule has 2 N–H and O–H groups in total. The third-order valence-electron chi connectivity index (χ3n) is 7.11. The maximum Gasteiger partial charge on any atom is 0.276 e. The summed E-state index contributed by atoms with van der Waals surface area (Å²) >= 11 is 0. The molecule has 1 amide bonds. The van der Waals surface area contributed by atoms with Gasteiger partial charge in [0.2, 0.25) is 0 Å². The van der Waals surface area contributed by atoms with Gasteiger partial charge in [-0.05, 0) is 30.9 Å². The minimum absolute atomic E-state index is 0.433. The van der Waals surface area contributed by atoms with Crippen LogP contribution in [0.25, 0.3) is 0 Å². The van der Waals surface area contributed by atoms with Crippen molar-refractivity contribution in [2.45, 2.75) is 50.9 Å². The number of aromatic nitrogens is 1. The molecule has 6 nitrogen and oxygen atoms in total. The summed E-state index contributed by atoms with van der Waals surface area (Å²) in [5.41, 5.74) is 4.34. The molecule has 5 rings (SSSR count). The van der Waals surface area contributed by atoms with Gasteiger partial charge >= 0.3 is 0 Å². The van der Waals surface area contributed by atoms with Crippen LogP contribution in [0.5, 0.6) is 0 Å². The van der Waals surface area contributed by atoms with Crippen LogP contribution in [-0.4, -0.2) is 63.2 Å². The van der Waals surface area contributed by atoms with Gasteiger partial charge in [-0.25, -0.2) is 5.48 Å². The minimum Gasteiger partial charge on any atom is -0.297 e. The standard InChI is InChI=1S/C18H24N4O2/c1-11-17-5-12(4-15-10-22(11,15)17)8-21-3-2-13-6-14(18(23)20-24)7-19-16(13)9-21/h6-7,11-12,15,17H,2-5,8-10H2,1H3,(H-,20,23,24)/p+1/t11?,12-,15?,17?,22-/m1/s1. The molecule has 128 valence electrons. The van der Waals surface area contributed by atoms with Gasteiger partial charge in [0.25, 0.3) is 5.91 Å². The lowest BCUT2D eigenvalue weighted by atomic mass is 9.93. The molecule has 0 radical (unpaired) electrons. The lowest BCUT2D eigenvalue weighted by Crippen LogP contribution is -2.37. The third-order valence-corrected chi connectivity index (χ3v) is 7.11. The monoisotopic (exact) mass is 329 g/mol. The topological polar surface area (TPSA) is 65.5 Å². The Labute approximate surface area is 142 Å². The number of nitrogens with one attached hydrogen (secondary N) is 1. The summed E-state index contributed by atoms with van der Waals surface area (Å²) < 4.78 is 1.47. The molecule has 0 saturated carbocycles. The Kier molecular flexibility index (Phi) is 3.09. The molecule has 6 heteroatoms. The van der Waals surface area contributed by atoms with Crippen molar-refractivity contribution in [2.24, 2.45) is 5.92 Å². The second-order valence-electron chi connectivity index (χ2n) is 8.23. The van der Waals surface area contributed by atoms with E-state index in [1.54, 1.807) is 11.7 Å². The second-order valence-corrected chi connectivity index (χ2v) is 8.23. The van der Waals surface area contributed by atoms with Crippen LogP contribution < -0.4 is 5.48 Å². The molecular weight excluding hydrogens is 304 g/mol. The van der Waals surface area contributed by atoms with Gasteiger partial charge in [0.1, 0.15) is 24.7 Å². The van der Waals surface area contributed by atoms with Gasteiger partial charge in [0.05, 0.1) is 11.3 Å². The van der Waals surface area contributed by atoms with Crippen LogP contribution >= 0.6 is 0 Å². The zero-order chi connectivity index (χ0) is 16.5. The maximum atomic E-state index is 11.5. The number of nitrogens with zero attached hydrogens (tertiary/aromatic N) is 3. The summed E-state index contributed by atoms with van der Waals surface area (Å²) in [7, 11) is 0. The van der Waals surface area contributed by atoms with E-state index in [-0.39, 0.29) is 0 Å².